The fraction of sp³-hybridized carbons (Fsp3) is 0.214. The van der Waals surface area contributed by atoms with Crippen LogP contribution < -0.4 is 0 Å². The lowest BCUT2D eigenvalue weighted by Gasteiger charge is -2.12. The molecule has 3 aromatic carbocycles. The van der Waals surface area contributed by atoms with Crippen molar-refractivity contribution in [1.82, 2.24) is 0 Å². The number of benzene rings is 3. The summed E-state index contributed by atoms with van der Waals surface area (Å²) in [5.41, 5.74) is 4.23. The Bertz CT molecular complexity index is 999. The fourth-order valence-electron chi connectivity index (χ4n) is 3.54. The zero-order valence-corrected chi connectivity index (χ0v) is 17.6. The molecule has 0 N–H and O–H groups in total. The topological polar surface area (TPSA) is 0 Å². The summed E-state index contributed by atoms with van der Waals surface area (Å²) in [5, 5.41) is 0. The molecule has 0 aliphatic carbocycles. The van der Waals surface area contributed by atoms with E-state index in [-0.39, 0.29) is 5.56 Å². The lowest BCUT2D eigenvalue weighted by atomic mass is 9.93. The van der Waals surface area contributed by atoms with Crippen molar-refractivity contribution in [2.75, 3.05) is 0 Å². The van der Waals surface area contributed by atoms with Gasteiger partial charge in [-0.05, 0) is 54.4 Å². The van der Waals surface area contributed by atoms with Gasteiger partial charge in [-0.3, -0.25) is 0 Å². The Morgan fingerprint density at radius 2 is 1.57 bits per heavy atom. The van der Waals surface area contributed by atoms with Crippen LogP contribution in [0.25, 0.3) is 12.2 Å². The van der Waals surface area contributed by atoms with Crippen molar-refractivity contribution in [1.29, 1.82) is 0 Å². The molecule has 0 unspecified atom stereocenters. The lowest BCUT2D eigenvalue weighted by molar-refractivity contribution is 0.497. The zero-order chi connectivity index (χ0) is 21.3. The van der Waals surface area contributed by atoms with E-state index < -0.39 is 11.6 Å². The summed E-state index contributed by atoms with van der Waals surface area (Å²) in [6, 6.07) is 22.0. The van der Waals surface area contributed by atoms with Crippen LogP contribution in [0.3, 0.4) is 0 Å². The van der Waals surface area contributed by atoms with Crippen LogP contribution in [0.2, 0.25) is 0 Å². The minimum Gasteiger partial charge on any atom is -0.203 e. The fourth-order valence-corrected chi connectivity index (χ4v) is 3.54. The molecule has 30 heavy (non-hydrogen) atoms. The van der Waals surface area contributed by atoms with Crippen LogP contribution in [0.15, 0.2) is 78.9 Å². The third-order valence-electron chi connectivity index (χ3n) is 5.35. The predicted molar refractivity (Wildman–Crippen MR) is 123 cm³/mol. The van der Waals surface area contributed by atoms with Crippen LogP contribution in [0.1, 0.15) is 54.0 Å². The van der Waals surface area contributed by atoms with Crippen molar-refractivity contribution < 1.29 is 8.78 Å². The summed E-state index contributed by atoms with van der Waals surface area (Å²) in [4.78, 5) is 0. The maximum absolute atomic E-state index is 14.4. The molecule has 0 spiro atoms. The Labute approximate surface area is 178 Å². The third-order valence-corrected chi connectivity index (χ3v) is 5.35. The van der Waals surface area contributed by atoms with Gasteiger partial charge in [0.2, 0.25) is 0 Å². The van der Waals surface area contributed by atoms with Crippen LogP contribution in [0, 0.1) is 11.6 Å². The zero-order valence-electron chi connectivity index (χ0n) is 17.6. The number of aryl methyl sites for hydroxylation is 1. The van der Waals surface area contributed by atoms with E-state index in [1.807, 2.05) is 43.4 Å². The van der Waals surface area contributed by atoms with Crippen molar-refractivity contribution in [3.8, 4) is 0 Å². The molecule has 154 valence electrons. The van der Waals surface area contributed by atoms with Gasteiger partial charge in [-0.15, -0.1) is 0 Å². The lowest BCUT2D eigenvalue weighted by Crippen LogP contribution is -1.98. The molecule has 2 heteroatoms. The molecular weight excluding hydrogens is 374 g/mol. The minimum atomic E-state index is -0.780. The molecule has 0 saturated heterocycles. The van der Waals surface area contributed by atoms with Crippen molar-refractivity contribution in [3.05, 3.63) is 118 Å². The van der Waals surface area contributed by atoms with Gasteiger partial charge in [0.15, 0.2) is 11.6 Å². The van der Waals surface area contributed by atoms with Crippen LogP contribution in [-0.2, 0) is 12.8 Å². The predicted octanol–water partition coefficient (Wildman–Crippen LogP) is 7.99. The van der Waals surface area contributed by atoms with Gasteiger partial charge in [-0.1, -0.05) is 98.0 Å². The normalized spacial score (nSPS) is 12.7. The molecule has 0 bridgehead atoms. The maximum atomic E-state index is 14.4. The average molecular weight is 403 g/mol. The van der Waals surface area contributed by atoms with E-state index in [1.54, 1.807) is 18.2 Å². The van der Waals surface area contributed by atoms with Gasteiger partial charge in [0, 0.05) is 5.56 Å². The Morgan fingerprint density at radius 3 is 2.27 bits per heavy atom. The number of rotatable bonds is 8. The third kappa shape index (κ3) is 5.76. The van der Waals surface area contributed by atoms with Crippen molar-refractivity contribution in [2.45, 2.75) is 39.0 Å². The van der Waals surface area contributed by atoms with Gasteiger partial charge in [-0.25, -0.2) is 8.78 Å². The molecule has 0 aromatic heterocycles. The first-order valence-electron chi connectivity index (χ1n) is 10.5. The van der Waals surface area contributed by atoms with E-state index in [4.69, 9.17) is 0 Å². The highest BCUT2D eigenvalue weighted by atomic mass is 19.2. The summed E-state index contributed by atoms with van der Waals surface area (Å²) in [6.45, 7) is 4.14. The molecular formula is C28H28F2. The molecule has 1 atom stereocenters. The number of halogens is 2. The van der Waals surface area contributed by atoms with Crippen molar-refractivity contribution in [2.24, 2.45) is 0 Å². The summed E-state index contributed by atoms with van der Waals surface area (Å²) in [6.07, 6.45) is 9.49. The number of hydrogen-bond acceptors (Lipinski definition) is 0. The Morgan fingerprint density at radius 1 is 0.833 bits per heavy atom. The van der Waals surface area contributed by atoms with Crippen molar-refractivity contribution in [3.63, 3.8) is 0 Å². The van der Waals surface area contributed by atoms with Gasteiger partial charge >= 0.3 is 0 Å². The summed E-state index contributed by atoms with van der Waals surface area (Å²) >= 11 is 0. The first-order valence-corrected chi connectivity index (χ1v) is 10.5. The molecule has 3 aromatic rings. The van der Waals surface area contributed by atoms with Gasteiger partial charge in [0.25, 0.3) is 0 Å². The second kappa shape index (κ2) is 10.7. The van der Waals surface area contributed by atoms with Gasteiger partial charge < -0.3 is 0 Å². The highest BCUT2D eigenvalue weighted by Crippen LogP contribution is 2.22. The molecule has 0 fully saturated rings. The summed E-state index contributed by atoms with van der Waals surface area (Å²) in [5.74, 6) is -1.08. The highest BCUT2D eigenvalue weighted by Gasteiger charge is 2.11. The van der Waals surface area contributed by atoms with Gasteiger partial charge in [0.05, 0.1) is 0 Å². The molecule has 0 radical (unpaired) electrons. The molecule has 0 saturated carbocycles. The van der Waals surface area contributed by atoms with E-state index in [1.165, 1.54) is 11.1 Å². The Hall–Kier alpha value is -3.00. The van der Waals surface area contributed by atoms with Crippen molar-refractivity contribution >= 4 is 12.2 Å². The van der Waals surface area contributed by atoms with Crippen LogP contribution in [0.4, 0.5) is 8.78 Å². The van der Waals surface area contributed by atoms with E-state index in [2.05, 4.69) is 43.3 Å². The second-order valence-corrected chi connectivity index (χ2v) is 7.64. The summed E-state index contributed by atoms with van der Waals surface area (Å²) < 4.78 is 28.7. The first-order chi connectivity index (χ1) is 14.6. The van der Waals surface area contributed by atoms with Crippen LogP contribution >= 0.6 is 0 Å². The van der Waals surface area contributed by atoms with Gasteiger partial charge in [0.1, 0.15) is 0 Å². The van der Waals surface area contributed by atoms with E-state index in [9.17, 15) is 8.78 Å². The van der Waals surface area contributed by atoms with Gasteiger partial charge in [-0.2, -0.15) is 0 Å². The molecule has 0 aliphatic heterocycles. The minimum absolute atomic E-state index is 0.268. The molecule has 0 heterocycles. The van der Waals surface area contributed by atoms with E-state index in [0.717, 1.165) is 12.0 Å². The summed E-state index contributed by atoms with van der Waals surface area (Å²) in [7, 11) is 0. The highest BCUT2D eigenvalue weighted by molar-refractivity contribution is 5.70. The van der Waals surface area contributed by atoms with E-state index >= 15 is 0 Å². The number of hydrogen-bond donors (Lipinski definition) is 0. The monoisotopic (exact) mass is 402 g/mol. The van der Waals surface area contributed by atoms with E-state index in [0.29, 0.717) is 24.3 Å². The average Bonchev–Trinajstić information content (AvgIpc) is 2.78. The standard InChI is InChI=1S/C28H28F2/c1-3-4-6-11-25-18-19-26(28(30)27(25)29)17-16-22-12-14-23(15-13-22)20-21(2)24-9-7-5-8-10-24/h3-5,7-10,12-19,21H,6,11,20H2,1-2H3/t21-/m1/s1. The molecule has 0 aliphatic rings. The SMILES string of the molecule is CC=CCCc1ccc(C=Cc2ccc(C[C@@H](C)c3ccccc3)cc2)c(F)c1F. The second-order valence-electron chi connectivity index (χ2n) is 7.64. The molecule has 3 rings (SSSR count). The van der Waals surface area contributed by atoms with Crippen LogP contribution in [-0.4, -0.2) is 0 Å². The smallest absolute Gasteiger partial charge is 0.166 e. The number of allylic oxidation sites excluding steroid dienone is 2. The quantitative estimate of drug-likeness (QED) is 0.264. The first kappa shape index (κ1) is 21.7. The molecule has 0 nitrogen and oxygen atoms in total. The van der Waals surface area contributed by atoms with Crippen LogP contribution in [0.5, 0.6) is 0 Å². The Balaban J connectivity index is 1.65. The molecule has 0 amide bonds. The Kier molecular flexibility index (Phi) is 7.73. The maximum Gasteiger partial charge on any atom is 0.166 e. The largest absolute Gasteiger partial charge is 0.203 e.